The van der Waals surface area contributed by atoms with E-state index in [-0.39, 0.29) is 12.4 Å². The van der Waals surface area contributed by atoms with Crippen LogP contribution >= 0.6 is 12.4 Å². The summed E-state index contributed by atoms with van der Waals surface area (Å²) in [7, 11) is 2.12. The van der Waals surface area contributed by atoms with E-state index in [0.717, 1.165) is 12.2 Å². The van der Waals surface area contributed by atoms with E-state index in [1.54, 1.807) is 0 Å². The number of halogens is 1. The molecular formula is C19H26ClN3. The van der Waals surface area contributed by atoms with Crippen LogP contribution in [0.2, 0.25) is 0 Å². The molecule has 0 unspecified atom stereocenters. The van der Waals surface area contributed by atoms with Crippen molar-refractivity contribution in [2.45, 2.75) is 32.7 Å². The molecule has 23 heavy (non-hydrogen) atoms. The quantitative estimate of drug-likeness (QED) is 0.825. The molecule has 1 saturated heterocycles. The third-order valence-corrected chi connectivity index (χ3v) is 4.42. The molecule has 0 bridgehead atoms. The molecule has 2 aromatic rings. The van der Waals surface area contributed by atoms with Crippen LogP contribution in [0, 0.1) is 6.92 Å². The van der Waals surface area contributed by atoms with Crippen LogP contribution < -0.4 is 9.80 Å². The lowest BCUT2D eigenvalue weighted by molar-refractivity contribution is 0.576. The molecule has 1 fully saturated rings. The second-order valence-electron chi connectivity index (χ2n) is 6.20. The predicted octanol–water partition coefficient (Wildman–Crippen LogP) is 4.44. The number of hydrogen-bond acceptors (Lipinski definition) is 3. The van der Waals surface area contributed by atoms with Gasteiger partial charge in [-0.3, -0.25) is 4.98 Å². The van der Waals surface area contributed by atoms with Gasteiger partial charge in [0, 0.05) is 37.7 Å². The zero-order valence-corrected chi connectivity index (χ0v) is 14.9. The molecule has 0 amide bonds. The van der Waals surface area contributed by atoms with Gasteiger partial charge in [0.1, 0.15) is 0 Å². The molecule has 1 aliphatic heterocycles. The summed E-state index contributed by atoms with van der Waals surface area (Å²) in [4.78, 5) is 9.40. The summed E-state index contributed by atoms with van der Waals surface area (Å²) in [6.45, 7) is 5.37. The number of nitrogens with zero attached hydrogens (tertiary/aromatic N) is 3. The topological polar surface area (TPSA) is 19.4 Å². The molecule has 0 N–H and O–H groups in total. The minimum atomic E-state index is 0. The van der Waals surface area contributed by atoms with Crippen molar-refractivity contribution < 1.29 is 0 Å². The van der Waals surface area contributed by atoms with Gasteiger partial charge >= 0.3 is 0 Å². The molecule has 3 rings (SSSR count). The summed E-state index contributed by atoms with van der Waals surface area (Å²) in [6.07, 6.45) is 6.00. The monoisotopic (exact) mass is 331 g/mol. The van der Waals surface area contributed by atoms with Crippen LogP contribution in [0.3, 0.4) is 0 Å². The van der Waals surface area contributed by atoms with Crippen LogP contribution in [0.25, 0.3) is 0 Å². The smallest absolute Gasteiger partial charge is 0.0617 e. The molecule has 1 aromatic carbocycles. The molecule has 4 heteroatoms. The molecule has 0 aliphatic carbocycles. The average Bonchev–Trinajstić information content (AvgIpc) is 2.58. The Morgan fingerprint density at radius 2 is 1.78 bits per heavy atom. The minimum absolute atomic E-state index is 0. The first-order valence-electron chi connectivity index (χ1n) is 8.21. The van der Waals surface area contributed by atoms with Crippen molar-refractivity contribution >= 4 is 23.8 Å². The van der Waals surface area contributed by atoms with Crippen molar-refractivity contribution in [3.05, 3.63) is 53.9 Å². The average molecular weight is 332 g/mol. The van der Waals surface area contributed by atoms with E-state index < -0.39 is 0 Å². The van der Waals surface area contributed by atoms with Gasteiger partial charge in [-0.15, -0.1) is 12.4 Å². The highest BCUT2D eigenvalue weighted by Crippen LogP contribution is 2.25. The first kappa shape index (κ1) is 17.6. The molecule has 2 heterocycles. The molecule has 0 atom stereocenters. The Morgan fingerprint density at radius 3 is 2.48 bits per heavy atom. The third kappa shape index (κ3) is 4.38. The molecule has 3 nitrogen and oxygen atoms in total. The van der Waals surface area contributed by atoms with E-state index in [9.17, 15) is 0 Å². The SMILES string of the molecule is Cc1cnc(CN(C)c2ccccc2)cc1N1CCCCC1.Cl. The summed E-state index contributed by atoms with van der Waals surface area (Å²) in [5.74, 6) is 0. The fraction of sp³-hybridized carbons (Fsp3) is 0.421. The maximum absolute atomic E-state index is 4.63. The Kier molecular flexibility index (Phi) is 6.28. The van der Waals surface area contributed by atoms with E-state index in [1.165, 1.54) is 49.3 Å². The number of benzene rings is 1. The number of pyridine rings is 1. The number of hydrogen-bond donors (Lipinski definition) is 0. The Bertz CT molecular complexity index is 609. The Morgan fingerprint density at radius 1 is 1.09 bits per heavy atom. The molecule has 124 valence electrons. The maximum Gasteiger partial charge on any atom is 0.0617 e. The number of rotatable bonds is 4. The number of piperidine rings is 1. The normalized spacial score (nSPS) is 14.3. The lowest BCUT2D eigenvalue weighted by Gasteiger charge is -2.30. The molecule has 1 aliphatic rings. The van der Waals surface area contributed by atoms with Crippen molar-refractivity contribution in [1.82, 2.24) is 4.98 Å². The van der Waals surface area contributed by atoms with Crippen molar-refractivity contribution in [1.29, 1.82) is 0 Å². The van der Waals surface area contributed by atoms with Gasteiger partial charge in [0.05, 0.1) is 12.2 Å². The molecule has 0 radical (unpaired) electrons. The highest BCUT2D eigenvalue weighted by atomic mass is 35.5. The summed E-state index contributed by atoms with van der Waals surface area (Å²) >= 11 is 0. The third-order valence-electron chi connectivity index (χ3n) is 4.42. The first-order valence-corrected chi connectivity index (χ1v) is 8.21. The highest BCUT2D eigenvalue weighted by Gasteiger charge is 2.14. The zero-order chi connectivity index (χ0) is 15.4. The summed E-state index contributed by atoms with van der Waals surface area (Å²) < 4.78 is 0. The van der Waals surface area contributed by atoms with Crippen LogP contribution in [-0.4, -0.2) is 25.1 Å². The van der Waals surface area contributed by atoms with Gasteiger partial charge in [0.2, 0.25) is 0 Å². The number of aromatic nitrogens is 1. The van der Waals surface area contributed by atoms with Crippen LogP contribution in [0.5, 0.6) is 0 Å². The van der Waals surface area contributed by atoms with E-state index in [0.29, 0.717) is 0 Å². The van der Waals surface area contributed by atoms with Gasteiger partial charge in [0.15, 0.2) is 0 Å². The van der Waals surface area contributed by atoms with E-state index in [4.69, 9.17) is 0 Å². The van der Waals surface area contributed by atoms with E-state index in [2.05, 4.69) is 65.2 Å². The van der Waals surface area contributed by atoms with E-state index in [1.807, 2.05) is 6.20 Å². The second-order valence-corrected chi connectivity index (χ2v) is 6.20. The second kappa shape index (κ2) is 8.21. The number of anilines is 2. The molecule has 0 spiro atoms. The molecule has 0 saturated carbocycles. The predicted molar refractivity (Wildman–Crippen MR) is 101 cm³/mol. The summed E-state index contributed by atoms with van der Waals surface area (Å²) in [6, 6.07) is 12.8. The van der Waals surface area contributed by atoms with Crippen molar-refractivity contribution in [2.24, 2.45) is 0 Å². The van der Waals surface area contributed by atoms with Crippen molar-refractivity contribution in [3.8, 4) is 0 Å². The van der Waals surface area contributed by atoms with Crippen molar-refractivity contribution in [2.75, 3.05) is 29.9 Å². The van der Waals surface area contributed by atoms with Crippen molar-refractivity contribution in [3.63, 3.8) is 0 Å². The summed E-state index contributed by atoms with van der Waals surface area (Å²) in [5.41, 5.74) is 5.01. The van der Waals surface area contributed by atoms with Crippen LogP contribution in [0.4, 0.5) is 11.4 Å². The maximum atomic E-state index is 4.63. The van der Waals surface area contributed by atoms with Crippen LogP contribution in [-0.2, 0) is 6.54 Å². The fourth-order valence-electron chi connectivity index (χ4n) is 3.13. The largest absolute Gasteiger partial charge is 0.371 e. The Balaban J connectivity index is 0.00000192. The highest BCUT2D eigenvalue weighted by molar-refractivity contribution is 5.85. The van der Waals surface area contributed by atoms with Crippen LogP contribution in [0.15, 0.2) is 42.6 Å². The Hall–Kier alpha value is -1.74. The lowest BCUT2D eigenvalue weighted by atomic mass is 10.1. The summed E-state index contributed by atoms with van der Waals surface area (Å²) in [5, 5.41) is 0. The minimum Gasteiger partial charge on any atom is -0.371 e. The van der Waals surface area contributed by atoms with Gasteiger partial charge in [0.25, 0.3) is 0 Å². The first-order chi connectivity index (χ1) is 10.7. The number of para-hydroxylation sites is 1. The zero-order valence-electron chi connectivity index (χ0n) is 14.0. The van der Waals surface area contributed by atoms with Gasteiger partial charge in [-0.1, -0.05) is 18.2 Å². The number of aryl methyl sites for hydroxylation is 1. The van der Waals surface area contributed by atoms with E-state index >= 15 is 0 Å². The van der Waals surface area contributed by atoms with Gasteiger partial charge in [-0.05, 0) is 49.9 Å². The van der Waals surface area contributed by atoms with Gasteiger partial charge in [-0.25, -0.2) is 0 Å². The lowest BCUT2D eigenvalue weighted by Crippen LogP contribution is -2.30. The molecular weight excluding hydrogens is 306 g/mol. The Labute approximate surface area is 145 Å². The van der Waals surface area contributed by atoms with Crippen LogP contribution in [0.1, 0.15) is 30.5 Å². The standard InChI is InChI=1S/C19H25N3.ClH/c1-16-14-20-17(13-19(16)22-11-7-4-8-12-22)15-21(2)18-9-5-3-6-10-18;/h3,5-6,9-10,13-14H,4,7-8,11-12,15H2,1-2H3;1H. The fourth-order valence-corrected chi connectivity index (χ4v) is 3.13. The van der Waals surface area contributed by atoms with Gasteiger partial charge < -0.3 is 9.80 Å². The van der Waals surface area contributed by atoms with Gasteiger partial charge in [-0.2, -0.15) is 0 Å². The molecule has 1 aromatic heterocycles.